The molecular weight excluding hydrogens is 196 g/mol. The van der Waals surface area contributed by atoms with Crippen molar-refractivity contribution in [1.82, 2.24) is 14.6 Å². The fourth-order valence-electron chi connectivity index (χ4n) is 1.15. The third-order valence-electron chi connectivity index (χ3n) is 1.90. The fourth-order valence-corrected chi connectivity index (χ4v) is 1.15. The summed E-state index contributed by atoms with van der Waals surface area (Å²) in [4.78, 5) is 15.1. The van der Waals surface area contributed by atoms with E-state index in [1.807, 2.05) is 0 Å². The first kappa shape index (κ1) is 9.45. The first-order chi connectivity index (χ1) is 7.29. The number of nitrogens with one attached hydrogen (secondary N) is 1. The standard InChI is InChI=1S/C9H10N4O2/c1-15-9(14)6-10-7-3-5-13-8(12-7)2-4-11-13/h2-5H,6H2,1H3,(H,10,12). The molecule has 2 aromatic heterocycles. The molecule has 0 saturated carbocycles. The highest BCUT2D eigenvalue weighted by Crippen LogP contribution is 2.04. The highest BCUT2D eigenvalue weighted by Gasteiger charge is 2.01. The average Bonchev–Trinajstić information content (AvgIpc) is 2.72. The second-order valence-electron chi connectivity index (χ2n) is 2.88. The zero-order valence-corrected chi connectivity index (χ0v) is 8.17. The van der Waals surface area contributed by atoms with E-state index in [4.69, 9.17) is 0 Å². The maximum Gasteiger partial charge on any atom is 0.325 e. The van der Waals surface area contributed by atoms with Crippen molar-refractivity contribution in [2.75, 3.05) is 19.0 Å². The minimum Gasteiger partial charge on any atom is -0.468 e. The first-order valence-corrected chi connectivity index (χ1v) is 4.40. The summed E-state index contributed by atoms with van der Waals surface area (Å²) in [6.45, 7) is 0.105. The number of methoxy groups -OCH3 is 1. The average molecular weight is 206 g/mol. The predicted octanol–water partition coefficient (Wildman–Crippen LogP) is 0.314. The summed E-state index contributed by atoms with van der Waals surface area (Å²) < 4.78 is 6.14. The van der Waals surface area contributed by atoms with Gasteiger partial charge in [0.05, 0.1) is 13.3 Å². The van der Waals surface area contributed by atoms with Crippen LogP contribution in [0.5, 0.6) is 0 Å². The smallest absolute Gasteiger partial charge is 0.325 e. The van der Waals surface area contributed by atoms with E-state index in [0.717, 1.165) is 5.65 Å². The van der Waals surface area contributed by atoms with E-state index in [9.17, 15) is 4.79 Å². The quantitative estimate of drug-likeness (QED) is 0.732. The van der Waals surface area contributed by atoms with Crippen LogP contribution in [0.1, 0.15) is 0 Å². The number of ether oxygens (including phenoxy) is 1. The van der Waals surface area contributed by atoms with Crippen molar-refractivity contribution >= 4 is 17.4 Å². The molecule has 0 aromatic carbocycles. The molecule has 0 atom stereocenters. The van der Waals surface area contributed by atoms with Crippen LogP contribution in [-0.2, 0) is 9.53 Å². The highest BCUT2D eigenvalue weighted by atomic mass is 16.5. The van der Waals surface area contributed by atoms with Gasteiger partial charge >= 0.3 is 5.97 Å². The molecule has 0 aliphatic carbocycles. The van der Waals surface area contributed by atoms with Gasteiger partial charge in [0.25, 0.3) is 0 Å². The predicted molar refractivity (Wildman–Crippen MR) is 53.5 cm³/mol. The molecule has 2 aromatic rings. The molecule has 0 aliphatic heterocycles. The van der Waals surface area contributed by atoms with E-state index in [0.29, 0.717) is 5.82 Å². The van der Waals surface area contributed by atoms with Gasteiger partial charge < -0.3 is 10.1 Å². The summed E-state index contributed by atoms with van der Waals surface area (Å²) in [6, 6.07) is 3.52. The van der Waals surface area contributed by atoms with Crippen LogP contribution < -0.4 is 5.32 Å². The largest absolute Gasteiger partial charge is 0.468 e. The lowest BCUT2D eigenvalue weighted by atomic mass is 10.5. The number of carbonyl (C=O) groups is 1. The van der Waals surface area contributed by atoms with Crippen LogP contribution in [0.15, 0.2) is 24.5 Å². The summed E-state index contributed by atoms with van der Waals surface area (Å²) in [5.41, 5.74) is 0.727. The van der Waals surface area contributed by atoms with Gasteiger partial charge in [0.15, 0.2) is 5.65 Å². The number of carbonyl (C=O) groups excluding carboxylic acids is 1. The maximum atomic E-state index is 10.9. The Kier molecular flexibility index (Phi) is 2.49. The molecule has 0 amide bonds. The van der Waals surface area contributed by atoms with Crippen molar-refractivity contribution in [2.45, 2.75) is 0 Å². The Balaban J connectivity index is 2.11. The molecule has 15 heavy (non-hydrogen) atoms. The Bertz CT molecular complexity index is 480. The van der Waals surface area contributed by atoms with Crippen LogP contribution >= 0.6 is 0 Å². The van der Waals surface area contributed by atoms with E-state index < -0.39 is 0 Å². The van der Waals surface area contributed by atoms with E-state index in [1.54, 1.807) is 29.0 Å². The van der Waals surface area contributed by atoms with Crippen LogP contribution in [0.3, 0.4) is 0 Å². The second-order valence-corrected chi connectivity index (χ2v) is 2.88. The van der Waals surface area contributed by atoms with Crippen LogP contribution in [0.25, 0.3) is 5.65 Å². The third-order valence-corrected chi connectivity index (χ3v) is 1.90. The molecule has 0 unspecified atom stereocenters. The lowest BCUT2D eigenvalue weighted by Crippen LogP contribution is -2.15. The van der Waals surface area contributed by atoms with E-state index in [-0.39, 0.29) is 12.5 Å². The Morgan fingerprint density at radius 2 is 2.47 bits per heavy atom. The van der Waals surface area contributed by atoms with Crippen molar-refractivity contribution in [1.29, 1.82) is 0 Å². The van der Waals surface area contributed by atoms with Gasteiger partial charge in [0.1, 0.15) is 12.4 Å². The zero-order chi connectivity index (χ0) is 10.7. The number of esters is 1. The first-order valence-electron chi connectivity index (χ1n) is 4.40. The van der Waals surface area contributed by atoms with Crippen LogP contribution in [0, 0.1) is 0 Å². The molecule has 0 saturated heterocycles. The van der Waals surface area contributed by atoms with Crippen molar-refractivity contribution in [3.63, 3.8) is 0 Å². The summed E-state index contributed by atoms with van der Waals surface area (Å²) in [7, 11) is 1.34. The molecule has 2 rings (SSSR count). The number of aromatic nitrogens is 3. The minimum absolute atomic E-state index is 0.105. The maximum absolute atomic E-state index is 10.9. The van der Waals surface area contributed by atoms with Gasteiger partial charge in [-0.15, -0.1) is 0 Å². The molecule has 6 nitrogen and oxygen atoms in total. The van der Waals surface area contributed by atoms with Gasteiger partial charge in [-0.3, -0.25) is 4.79 Å². The number of hydrogen-bond donors (Lipinski definition) is 1. The number of nitrogens with zero attached hydrogens (tertiary/aromatic N) is 3. The molecule has 0 fully saturated rings. The molecule has 0 radical (unpaired) electrons. The molecular formula is C9H10N4O2. The molecule has 0 spiro atoms. The third kappa shape index (κ3) is 2.04. The SMILES string of the molecule is COC(=O)CNc1ccn2nccc2n1. The molecule has 78 valence electrons. The van der Waals surface area contributed by atoms with Gasteiger partial charge in [-0.2, -0.15) is 5.10 Å². The van der Waals surface area contributed by atoms with Crippen LogP contribution in [0.2, 0.25) is 0 Å². The summed E-state index contributed by atoms with van der Waals surface area (Å²) in [5, 5.41) is 6.86. The molecule has 1 N–H and O–H groups in total. The molecule has 2 heterocycles. The number of anilines is 1. The Labute approximate surface area is 85.9 Å². The second kappa shape index (κ2) is 3.95. The highest BCUT2D eigenvalue weighted by molar-refractivity contribution is 5.74. The summed E-state index contributed by atoms with van der Waals surface area (Å²) in [6.07, 6.45) is 3.42. The monoisotopic (exact) mass is 206 g/mol. The van der Waals surface area contributed by atoms with Crippen molar-refractivity contribution in [3.8, 4) is 0 Å². The van der Waals surface area contributed by atoms with E-state index >= 15 is 0 Å². The van der Waals surface area contributed by atoms with Gasteiger partial charge in [0.2, 0.25) is 0 Å². The Morgan fingerprint density at radius 3 is 3.27 bits per heavy atom. The van der Waals surface area contributed by atoms with E-state index in [1.165, 1.54) is 7.11 Å². The number of hydrogen-bond acceptors (Lipinski definition) is 5. The molecule has 0 bridgehead atoms. The van der Waals surface area contributed by atoms with E-state index in [2.05, 4.69) is 20.1 Å². The molecule has 0 aliphatic rings. The lowest BCUT2D eigenvalue weighted by Gasteiger charge is -2.03. The van der Waals surface area contributed by atoms with Gasteiger partial charge in [0, 0.05) is 12.3 Å². The summed E-state index contributed by atoms with van der Waals surface area (Å²) in [5.74, 6) is 0.290. The van der Waals surface area contributed by atoms with Gasteiger partial charge in [-0.25, -0.2) is 9.50 Å². The number of fused-ring (bicyclic) bond motifs is 1. The van der Waals surface area contributed by atoms with Crippen molar-refractivity contribution in [2.24, 2.45) is 0 Å². The topological polar surface area (TPSA) is 68.5 Å². The summed E-state index contributed by atoms with van der Waals surface area (Å²) >= 11 is 0. The normalized spacial score (nSPS) is 10.2. The van der Waals surface area contributed by atoms with Gasteiger partial charge in [-0.05, 0) is 6.07 Å². The number of rotatable bonds is 3. The Morgan fingerprint density at radius 1 is 1.60 bits per heavy atom. The Hall–Kier alpha value is -2.11. The minimum atomic E-state index is -0.329. The fraction of sp³-hybridized carbons (Fsp3) is 0.222. The zero-order valence-electron chi connectivity index (χ0n) is 8.17. The molecule has 6 heteroatoms. The lowest BCUT2D eigenvalue weighted by molar-refractivity contribution is -0.138. The van der Waals surface area contributed by atoms with Crippen LogP contribution in [-0.4, -0.2) is 34.2 Å². The van der Waals surface area contributed by atoms with Gasteiger partial charge in [-0.1, -0.05) is 0 Å². The van der Waals surface area contributed by atoms with Crippen molar-refractivity contribution in [3.05, 3.63) is 24.5 Å². The van der Waals surface area contributed by atoms with Crippen LogP contribution in [0.4, 0.5) is 5.82 Å². The van der Waals surface area contributed by atoms with Crippen molar-refractivity contribution < 1.29 is 9.53 Å².